The summed E-state index contributed by atoms with van der Waals surface area (Å²) < 4.78 is 43.8. The standard InChI is InChI=1S/C23H27F3N6O/c1-31-11-9-15(10-12-31)14-27-20-18-7-2-3-8-19(18)22-29-28-21(32(22)30-20)16-5-4-6-17(13-16)33-23(24,25)26/h4-6,13,15H,2-3,7-12,14H2,1H3,(H,27,30). The first-order valence-corrected chi connectivity index (χ1v) is 11.4. The van der Waals surface area contributed by atoms with E-state index in [0.717, 1.165) is 69.5 Å². The van der Waals surface area contributed by atoms with E-state index in [-0.39, 0.29) is 5.75 Å². The van der Waals surface area contributed by atoms with E-state index in [1.807, 2.05) is 0 Å². The van der Waals surface area contributed by atoms with E-state index in [1.165, 1.54) is 23.8 Å². The van der Waals surface area contributed by atoms with E-state index >= 15 is 0 Å². The molecule has 3 heterocycles. The summed E-state index contributed by atoms with van der Waals surface area (Å²) in [4.78, 5) is 2.35. The molecule has 0 atom stereocenters. The maximum Gasteiger partial charge on any atom is 0.573 e. The van der Waals surface area contributed by atoms with Crippen molar-refractivity contribution in [2.24, 2.45) is 5.92 Å². The molecule has 0 spiro atoms. The number of anilines is 1. The zero-order valence-electron chi connectivity index (χ0n) is 18.5. The van der Waals surface area contributed by atoms with E-state index in [9.17, 15) is 13.2 Å². The normalized spacial score (nSPS) is 17.8. The van der Waals surface area contributed by atoms with Crippen LogP contribution in [-0.4, -0.2) is 57.8 Å². The van der Waals surface area contributed by atoms with Crippen LogP contribution in [0, 0.1) is 5.92 Å². The fourth-order valence-electron chi connectivity index (χ4n) is 4.80. The fraction of sp³-hybridized carbons (Fsp3) is 0.522. The lowest BCUT2D eigenvalue weighted by molar-refractivity contribution is -0.274. The van der Waals surface area contributed by atoms with E-state index in [1.54, 1.807) is 10.6 Å². The molecule has 1 saturated heterocycles. The molecule has 0 unspecified atom stereocenters. The highest BCUT2D eigenvalue weighted by molar-refractivity contribution is 5.66. The second-order valence-corrected chi connectivity index (χ2v) is 8.98. The second kappa shape index (κ2) is 8.81. The van der Waals surface area contributed by atoms with Crippen LogP contribution < -0.4 is 10.1 Å². The van der Waals surface area contributed by atoms with Gasteiger partial charge in [-0.1, -0.05) is 12.1 Å². The van der Waals surface area contributed by atoms with Gasteiger partial charge in [-0.3, -0.25) is 0 Å². The van der Waals surface area contributed by atoms with Crippen LogP contribution in [0.1, 0.15) is 36.8 Å². The third-order valence-electron chi connectivity index (χ3n) is 6.59. The number of hydrogen-bond acceptors (Lipinski definition) is 6. The number of fused-ring (bicyclic) bond motifs is 3. The van der Waals surface area contributed by atoms with Crippen LogP contribution in [0.5, 0.6) is 5.75 Å². The van der Waals surface area contributed by atoms with Crippen LogP contribution in [0.15, 0.2) is 24.3 Å². The first-order valence-electron chi connectivity index (χ1n) is 11.4. The number of rotatable bonds is 5. The van der Waals surface area contributed by atoms with E-state index in [2.05, 4.69) is 32.2 Å². The Morgan fingerprint density at radius 1 is 1.09 bits per heavy atom. The zero-order chi connectivity index (χ0) is 23.0. The Balaban J connectivity index is 1.49. The van der Waals surface area contributed by atoms with Crippen molar-refractivity contribution >= 4 is 11.5 Å². The number of halogens is 3. The Kier molecular flexibility index (Phi) is 5.86. The molecule has 1 fully saturated rings. The number of nitrogens with one attached hydrogen (secondary N) is 1. The van der Waals surface area contributed by atoms with E-state index < -0.39 is 6.36 Å². The summed E-state index contributed by atoms with van der Waals surface area (Å²) in [5, 5.41) is 17.1. The maximum absolute atomic E-state index is 12.7. The highest BCUT2D eigenvalue weighted by Gasteiger charge is 2.31. The highest BCUT2D eigenvalue weighted by Crippen LogP contribution is 2.32. The quantitative estimate of drug-likeness (QED) is 0.612. The summed E-state index contributed by atoms with van der Waals surface area (Å²) in [7, 11) is 2.15. The molecule has 1 N–H and O–H groups in total. The molecule has 2 aliphatic rings. The Hall–Kier alpha value is -2.88. The Bertz CT molecular complexity index is 1140. The van der Waals surface area contributed by atoms with Gasteiger partial charge in [0.2, 0.25) is 0 Å². The molecule has 1 aliphatic heterocycles. The van der Waals surface area contributed by atoms with Crippen molar-refractivity contribution in [1.29, 1.82) is 0 Å². The van der Waals surface area contributed by atoms with Crippen LogP contribution in [0.4, 0.5) is 19.0 Å². The molecule has 7 nitrogen and oxygen atoms in total. The van der Waals surface area contributed by atoms with Crippen molar-refractivity contribution < 1.29 is 17.9 Å². The molecule has 176 valence electrons. The Morgan fingerprint density at radius 2 is 1.85 bits per heavy atom. The van der Waals surface area contributed by atoms with Crippen molar-refractivity contribution in [3.05, 3.63) is 35.4 Å². The predicted molar refractivity (Wildman–Crippen MR) is 118 cm³/mol. The summed E-state index contributed by atoms with van der Waals surface area (Å²) in [6, 6.07) is 5.78. The average molecular weight is 461 g/mol. The maximum atomic E-state index is 12.7. The molecule has 5 rings (SSSR count). The van der Waals surface area contributed by atoms with Crippen LogP contribution in [0.2, 0.25) is 0 Å². The van der Waals surface area contributed by atoms with Gasteiger partial charge in [-0.25, -0.2) is 0 Å². The number of likely N-dealkylation sites (tertiary alicyclic amines) is 1. The van der Waals surface area contributed by atoms with Crippen molar-refractivity contribution in [3.63, 3.8) is 0 Å². The van der Waals surface area contributed by atoms with Crippen molar-refractivity contribution in [2.45, 2.75) is 44.9 Å². The van der Waals surface area contributed by atoms with Gasteiger partial charge in [-0.05, 0) is 76.7 Å². The molecular formula is C23H27F3N6O. The molecular weight excluding hydrogens is 433 g/mol. The van der Waals surface area contributed by atoms with Crippen molar-refractivity contribution in [3.8, 4) is 17.1 Å². The minimum atomic E-state index is -4.76. The number of hydrogen-bond donors (Lipinski definition) is 1. The predicted octanol–water partition coefficient (Wildman–Crippen LogP) is 4.32. The number of aryl methyl sites for hydroxylation is 1. The van der Waals surface area contributed by atoms with Gasteiger partial charge >= 0.3 is 6.36 Å². The number of alkyl halides is 3. The van der Waals surface area contributed by atoms with Gasteiger partial charge in [0.05, 0.1) is 0 Å². The van der Waals surface area contributed by atoms with Gasteiger partial charge < -0.3 is 15.0 Å². The molecule has 1 aliphatic carbocycles. The minimum absolute atomic E-state index is 0.296. The monoisotopic (exact) mass is 460 g/mol. The molecule has 0 saturated carbocycles. The van der Waals surface area contributed by atoms with Crippen molar-refractivity contribution in [2.75, 3.05) is 32.0 Å². The lowest BCUT2D eigenvalue weighted by Gasteiger charge is -2.29. The van der Waals surface area contributed by atoms with E-state index in [0.29, 0.717) is 23.0 Å². The molecule has 33 heavy (non-hydrogen) atoms. The number of aromatic nitrogens is 4. The van der Waals surface area contributed by atoms with Gasteiger partial charge in [0.25, 0.3) is 0 Å². The molecule has 0 amide bonds. The molecule has 0 radical (unpaired) electrons. The molecule has 1 aromatic carbocycles. The van der Waals surface area contributed by atoms with Crippen LogP contribution in [-0.2, 0) is 12.8 Å². The summed E-state index contributed by atoms with van der Waals surface area (Å²) in [5.74, 6) is 1.53. The largest absolute Gasteiger partial charge is 0.573 e. The summed E-state index contributed by atoms with van der Waals surface area (Å²) in [6.07, 6.45) is 1.54. The highest BCUT2D eigenvalue weighted by atomic mass is 19.4. The van der Waals surface area contributed by atoms with Gasteiger partial charge in [-0.15, -0.1) is 28.5 Å². The third kappa shape index (κ3) is 4.75. The van der Waals surface area contributed by atoms with Gasteiger partial charge in [0.1, 0.15) is 5.75 Å². The topological polar surface area (TPSA) is 67.6 Å². The van der Waals surface area contributed by atoms with Crippen molar-refractivity contribution in [1.82, 2.24) is 24.7 Å². The van der Waals surface area contributed by atoms with E-state index in [4.69, 9.17) is 5.10 Å². The van der Waals surface area contributed by atoms with Crippen LogP contribution in [0.3, 0.4) is 0 Å². The molecule has 2 aromatic heterocycles. The SMILES string of the molecule is CN1CCC(CNc2nn3c(-c4cccc(OC(F)(F)F)c4)nnc3c3c2CCCC3)CC1. The first-order chi connectivity index (χ1) is 15.9. The number of piperidine rings is 1. The van der Waals surface area contributed by atoms with Gasteiger partial charge in [0, 0.05) is 23.2 Å². The summed E-state index contributed by atoms with van der Waals surface area (Å²) in [5.41, 5.74) is 3.46. The minimum Gasteiger partial charge on any atom is -0.406 e. The Morgan fingerprint density at radius 3 is 2.61 bits per heavy atom. The van der Waals surface area contributed by atoms with Crippen LogP contribution in [0.25, 0.3) is 17.0 Å². The summed E-state index contributed by atoms with van der Waals surface area (Å²) >= 11 is 0. The number of ether oxygens (including phenoxy) is 1. The molecule has 10 heteroatoms. The number of nitrogens with zero attached hydrogens (tertiary/aromatic N) is 5. The summed E-state index contributed by atoms with van der Waals surface area (Å²) in [6.45, 7) is 3.05. The lowest BCUT2D eigenvalue weighted by atomic mass is 9.92. The second-order valence-electron chi connectivity index (χ2n) is 8.98. The smallest absolute Gasteiger partial charge is 0.406 e. The zero-order valence-corrected chi connectivity index (χ0v) is 18.5. The molecule has 3 aromatic rings. The Labute approximate surface area is 189 Å². The molecule has 0 bridgehead atoms. The fourth-order valence-corrected chi connectivity index (χ4v) is 4.80. The lowest BCUT2D eigenvalue weighted by Crippen LogP contribution is -2.33. The van der Waals surface area contributed by atoms with Gasteiger partial charge in [0.15, 0.2) is 17.3 Å². The number of benzene rings is 1. The average Bonchev–Trinajstić information content (AvgIpc) is 3.22. The first kappa shape index (κ1) is 21.9. The van der Waals surface area contributed by atoms with Gasteiger partial charge in [-0.2, -0.15) is 4.52 Å². The third-order valence-corrected chi connectivity index (χ3v) is 6.59. The van der Waals surface area contributed by atoms with Crippen LogP contribution >= 0.6 is 0 Å².